The molecule has 16 N–H and O–H groups in total. The first-order chi connectivity index (χ1) is 4.41. The van der Waals surface area contributed by atoms with Gasteiger partial charge in [-0.3, -0.25) is 0 Å². The van der Waals surface area contributed by atoms with Crippen molar-refractivity contribution in [3.05, 3.63) is 0 Å². The Morgan fingerprint density at radius 3 is 0.800 bits per heavy atom. The fourth-order valence-electron chi connectivity index (χ4n) is 0.118. The Labute approximate surface area is 136 Å². The van der Waals surface area contributed by atoms with Crippen LogP contribution in [0, 0.1) is 0 Å². The Morgan fingerprint density at radius 1 is 0.667 bits per heavy atom. The molecule has 0 heterocycles. The van der Waals surface area contributed by atoms with E-state index in [1.54, 1.807) is 37.5 Å². The van der Waals surface area contributed by atoms with Gasteiger partial charge in [-0.1, -0.05) is 0 Å². The topological polar surface area (TPSA) is 192 Å². The maximum absolute atomic E-state index is 5.06. The van der Waals surface area contributed by atoms with Crippen LogP contribution in [-0.4, -0.2) is 13.1 Å². The summed E-state index contributed by atoms with van der Waals surface area (Å²) in [5, 5.41) is 0. The van der Waals surface area contributed by atoms with Gasteiger partial charge < -0.3 is 60.9 Å². The van der Waals surface area contributed by atoms with Crippen molar-refractivity contribution in [1.82, 2.24) is 24.6 Å². The third-order valence-electron chi connectivity index (χ3n) is 0.408. The fourth-order valence-corrected chi connectivity index (χ4v) is 0.118. The Balaban J connectivity index is -0.00000000475. The van der Waals surface area contributed by atoms with E-state index in [1.165, 1.54) is 0 Å². The van der Waals surface area contributed by atoms with Crippen LogP contribution in [0.3, 0.4) is 0 Å². The molecule has 0 rings (SSSR count). The third-order valence-corrected chi connectivity index (χ3v) is 0.408. The van der Waals surface area contributed by atoms with Gasteiger partial charge in [-0.25, -0.2) is 0 Å². The molecule has 0 amide bonds. The molecule has 0 saturated heterocycles. The van der Waals surface area contributed by atoms with E-state index in [1.807, 2.05) is 0 Å². The van der Waals surface area contributed by atoms with Crippen LogP contribution in [0.1, 0.15) is 6.42 Å². The van der Waals surface area contributed by atoms with Gasteiger partial charge in [0.05, 0.1) is 0 Å². The van der Waals surface area contributed by atoms with Crippen molar-refractivity contribution in [2.24, 2.45) is 11.5 Å². The van der Waals surface area contributed by atoms with Gasteiger partial charge in [0.25, 0.3) is 0 Å². The number of hydrogen-bond acceptors (Lipinski definition) is 6. The second-order valence-electron chi connectivity index (χ2n) is 0.931. The molecule has 6 nitrogen and oxygen atoms in total. The van der Waals surface area contributed by atoms with E-state index in [0.717, 1.165) is 19.5 Å². The second kappa shape index (κ2) is 136. The summed E-state index contributed by atoms with van der Waals surface area (Å²) < 4.78 is 0. The summed E-state index contributed by atoms with van der Waals surface area (Å²) in [6, 6.07) is 0. The van der Waals surface area contributed by atoms with Crippen molar-refractivity contribution >= 4 is 18.8 Å². The van der Waals surface area contributed by atoms with Crippen molar-refractivity contribution in [3.8, 4) is 0 Å². The SMILES string of the molecule is N.N.N.N.NCCCN.[Cl-].[Cl-].[Cl][Pt+].[Cl][Pt+]. The maximum atomic E-state index is 5.06. The Hall–Kier alpha value is 2.30. The van der Waals surface area contributed by atoms with Crippen molar-refractivity contribution < 1.29 is 62.4 Å². The van der Waals surface area contributed by atoms with Crippen LogP contribution in [0.25, 0.3) is 0 Å². The summed E-state index contributed by atoms with van der Waals surface area (Å²) in [4.78, 5) is 0. The van der Waals surface area contributed by atoms with Gasteiger partial charge >= 0.3 is 56.4 Å². The average Bonchev–Trinajstić information content (AvgIpc) is 1.98. The van der Waals surface area contributed by atoms with Gasteiger partial charge in [0.2, 0.25) is 0 Å². The predicted octanol–water partition coefficient (Wildman–Crippen LogP) is -4.68. The van der Waals surface area contributed by atoms with E-state index >= 15 is 0 Å². The van der Waals surface area contributed by atoms with Crippen molar-refractivity contribution in [1.29, 1.82) is 0 Å². The average molecular weight is 674 g/mol. The van der Waals surface area contributed by atoms with Crippen LogP contribution in [0.2, 0.25) is 0 Å². The number of rotatable bonds is 2. The van der Waals surface area contributed by atoms with Crippen LogP contribution in [0.15, 0.2) is 0 Å². The molecular formula is C3H22Cl4N6Pt2. The number of nitrogens with two attached hydrogens (primary N) is 2. The van der Waals surface area contributed by atoms with Crippen molar-refractivity contribution in [2.45, 2.75) is 6.42 Å². The molecule has 0 aromatic carbocycles. The zero-order valence-corrected chi connectivity index (χ0v) is 15.8. The van der Waals surface area contributed by atoms with Crippen LogP contribution >= 0.6 is 18.8 Å². The van der Waals surface area contributed by atoms with E-state index < -0.39 is 0 Å². The first-order valence-corrected chi connectivity index (χ1v) is 7.69. The van der Waals surface area contributed by atoms with Gasteiger partial charge in [0.1, 0.15) is 0 Å². The molecule has 0 radical (unpaired) electrons. The minimum atomic E-state index is 0. The molecule has 0 unspecified atom stereocenters. The van der Waals surface area contributed by atoms with Gasteiger partial charge in [0.15, 0.2) is 0 Å². The normalized spacial score (nSPS) is 3.73. The number of halogens is 4. The first kappa shape index (κ1) is 66.7. The molecule has 0 aromatic rings. The molecular weight excluding hydrogens is 652 g/mol. The summed E-state index contributed by atoms with van der Waals surface area (Å²) in [5.41, 5.74) is 10.1. The second-order valence-corrected chi connectivity index (χ2v) is 0.931. The Kier molecular flexibility index (Phi) is 605. The molecule has 12 heteroatoms. The van der Waals surface area contributed by atoms with Gasteiger partial charge in [0, 0.05) is 0 Å². The van der Waals surface area contributed by atoms with E-state index in [0.29, 0.717) is 0 Å². The molecule has 0 atom stereocenters. The molecule has 0 aliphatic carbocycles. The monoisotopic (exact) mass is 672 g/mol. The minimum absolute atomic E-state index is 0. The van der Waals surface area contributed by atoms with Crippen LogP contribution in [-0.2, 0) is 37.5 Å². The summed E-state index contributed by atoms with van der Waals surface area (Å²) in [6.45, 7) is 1.44. The van der Waals surface area contributed by atoms with Crippen LogP contribution in [0.4, 0.5) is 0 Å². The molecule has 0 bridgehead atoms. The quantitative estimate of drug-likeness (QED) is 0.171. The van der Waals surface area contributed by atoms with Crippen LogP contribution < -0.4 is 60.9 Å². The summed E-state index contributed by atoms with van der Waals surface area (Å²) in [6.07, 6.45) is 0.944. The summed E-state index contributed by atoms with van der Waals surface area (Å²) in [7, 11) is 9.22. The standard InChI is InChI=1S/C3H10N2.4ClH.4H3N.2Pt/c4-2-1-3-5;;;;;;;;;;/h1-5H2;4*1H;4*1H3;;/q;;;;;;;;;2*+2/p-4. The molecule has 0 fully saturated rings. The zero-order chi connectivity index (χ0) is 8.12. The van der Waals surface area contributed by atoms with E-state index in [-0.39, 0.29) is 49.4 Å². The van der Waals surface area contributed by atoms with E-state index in [9.17, 15) is 0 Å². The molecule has 112 valence electrons. The van der Waals surface area contributed by atoms with Gasteiger partial charge in [-0.05, 0) is 19.5 Å². The zero-order valence-electron chi connectivity index (χ0n) is 8.25. The predicted molar refractivity (Wildman–Crippen MR) is 54.5 cm³/mol. The van der Waals surface area contributed by atoms with Crippen molar-refractivity contribution in [2.75, 3.05) is 13.1 Å². The Morgan fingerprint density at radius 2 is 0.800 bits per heavy atom. The van der Waals surface area contributed by atoms with Crippen molar-refractivity contribution in [3.63, 3.8) is 0 Å². The van der Waals surface area contributed by atoms with E-state index in [2.05, 4.69) is 18.8 Å². The molecule has 0 aliphatic heterocycles. The molecule has 0 spiro atoms. The molecule has 0 saturated carbocycles. The fraction of sp³-hybridized carbons (Fsp3) is 1.00. The van der Waals surface area contributed by atoms with Gasteiger partial charge in [-0.2, -0.15) is 0 Å². The van der Waals surface area contributed by atoms with Gasteiger partial charge in [-0.15, -0.1) is 0 Å². The summed E-state index contributed by atoms with van der Waals surface area (Å²) in [5.74, 6) is 0. The van der Waals surface area contributed by atoms with E-state index in [4.69, 9.17) is 11.5 Å². The molecule has 15 heavy (non-hydrogen) atoms. The molecule has 0 aromatic heterocycles. The Bertz CT molecular complexity index is 35.8. The first-order valence-electron chi connectivity index (χ1n) is 2.06. The third kappa shape index (κ3) is 180. The molecule has 0 aliphatic rings. The van der Waals surface area contributed by atoms with Crippen LogP contribution in [0.5, 0.6) is 0 Å². The number of hydrogen-bond donors (Lipinski definition) is 6. The summed E-state index contributed by atoms with van der Waals surface area (Å²) >= 11 is 3.22.